The molecule has 0 aliphatic carbocycles. The van der Waals surface area contributed by atoms with Gasteiger partial charge in [0.25, 0.3) is 5.91 Å². The van der Waals surface area contributed by atoms with Gasteiger partial charge in [0.05, 0.1) is 0 Å². The van der Waals surface area contributed by atoms with E-state index < -0.39 is 5.97 Å². The summed E-state index contributed by atoms with van der Waals surface area (Å²) >= 11 is 0. The number of hydrogen-bond acceptors (Lipinski definition) is 4. The molecule has 0 aliphatic rings. The lowest BCUT2D eigenvalue weighted by molar-refractivity contribution is -0.150. The highest BCUT2D eigenvalue weighted by molar-refractivity contribution is 5.81. The highest BCUT2D eigenvalue weighted by atomic mass is 16.6. The van der Waals surface area contributed by atoms with Crippen LogP contribution in [0.1, 0.15) is 18.9 Å². The molecule has 5 heteroatoms. The minimum Gasteiger partial charge on any atom is -0.482 e. The Kier molecular flexibility index (Phi) is 7.50. The molecule has 5 nitrogen and oxygen atoms in total. The Morgan fingerprint density at radius 1 is 0.960 bits per heavy atom. The van der Waals surface area contributed by atoms with Crippen molar-refractivity contribution >= 4 is 11.9 Å². The summed E-state index contributed by atoms with van der Waals surface area (Å²) in [5.41, 5.74) is 1.23. The number of ether oxygens (including phenoxy) is 2. The molecule has 2 rings (SSSR count). The number of aryl methyl sites for hydroxylation is 1. The molecule has 2 aromatic carbocycles. The van der Waals surface area contributed by atoms with Crippen molar-refractivity contribution in [1.82, 2.24) is 5.32 Å². The first kappa shape index (κ1) is 18.5. The summed E-state index contributed by atoms with van der Waals surface area (Å²) in [6, 6.07) is 19.1. The molecule has 2 aromatic rings. The van der Waals surface area contributed by atoms with Crippen LogP contribution >= 0.6 is 0 Å². The molecular formula is C20H23NO4. The quantitative estimate of drug-likeness (QED) is 0.712. The lowest BCUT2D eigenvalue weighted by Crippen LogP contribution is -2.36. The van der Waals surface area contributed by atoms with Crippen LogP contribution in [0.5, 0.6) is 5.75 Å². The minimum atomic E-state index is -0.573. The lowest BCUT2D eigenvalue weighted by atomic mass is 10.1. The van der Waals surface area contributed by atoms with Crippen LogP contribution in [0.4, 0.5) is 0 Å². The average Bonchev–Trinajstić information content (AvgIpc) is 2.65. The first-order valence-corrected chi connectivity index (χ1v) is 8.30. The average molecular weight is 341 g/mol. The van der Waals surface area contributed by atoms with Gasteiger partial charge >= 0.3 is 5.97 Å². The maximum absolute atomic E-state index is 11.8. The summed E-state index contributed by atoms with van der Waals surface area (Å²) < 4.78 is 10.2. The van der Waals surface area contributed by atoms with Gasteiger partial charge in [-0.1, -0.05) is 48.5 Å². The fourth-order valence-electron chi connectivity index (χ4n) is 2.26. The first-order valence-electron chi connectivity index (χ1n) is 8.30. The van der Waals surface area contributed by atoms with E-state index in [1.54, 1.807) is 12.1 Å². The summed E-state index contributed by atoms with van der Waals surface area (Å²) in [6.45, 7) is 1.41. The van der Waals surface area contributed by atoms with Gasteiger partial charge in [-0.3, -0.25) is 4.79 Å². The Balaban J connectivity index is 1.60. The smallest absolute Gasteiger partial charge is 0.344 e. The van der Waals surface area contributed by atoms with E-state index >= 15 is 0 Å². The molecule has 1 N–H and O–H groups in total. The van der Waals surface area contributed by atoms with Gasteiger partial charge in [0.15, 0.2) is 13.2 Å². The topological polar surface area (TPSA) is 64.6 Å². The van der Waals surface area contributed by atoms with Crippen molar-refractivity contribution < 1.29 is 19.1 Å². The standard InChI is InChI=1S/C20H23NO4/c1-16(12-13-17-8-4-2-5-9-17)21-19(22)14-25-20(23)15-24-18-10-6-3-7-11-18/h2-11,16H,12-15H2,1H3,(H,21,22)/t16-/m0/s1. The Morgan fingerprint density at radius 2 is 1.60 bits per heavy atom. The molecule has 0 fully saturated rings. The van der Waals surface area contributed by atoms with Crippen molar-refractivity contribution in [3.63, 3.8) is 0 Å². The molecule has 0 bridgehead atoms. The van der Waals surface area contributed by atoms with Crippen LogP contribution in [0, 0.1) is 0 Å². The number of benzene rings is 2. The molecule has 0 saturated carbocycles. The summed E-state index contributed by atoms with van der Waals surface area (Å²) in [5, 5.41) is 2.82. The second-order valence-corrected chi connectivity index (χ2v) is 5.76. The zero-order valence-electron chi connectivity index (χ0n) is 14.3. The van der Waals surface area contributed by atoms with Crippen LogP contribution in [0.3, 0.4) is 0 Å². The van der Waals surface area contributed by atoms with Crippen molar-refractivity contribution in [2.45, 2.75) is 25.8 Å². The van der Waals surface area contributed by atoms with E-state index in [0.29, 0.717) is 5.75 Å². The summed E-state index contributed by atoms with van der Waals surface area (Å²) in [6.07, 6.45) is 1.70. The SMILES string of the molecule is C[C@@H](CCc1ccccc1)NC(=O)COC(=O)COc1ccccc1. The monoisotopic (exact) mass is 341 g/mol. The van der Waals surface area contributed by atoms with Crippen LogP contribution in [-0.4, -0.2) is 31.1 Å². The lowest BCUT2D eigenvalue weighted by Gasteiger charge is -2.14. The molecule has 0 heterocycles. The molecular weight excluding hydrogens is 318 g/mol. The fourth-order valence-corrected chi connectivity index (χ4v) is 2.26. The third kappa shape index (κ3) is 7.52. The molecule has 1 atom stereocenters. The van der Waals surface area contributed by atoms with Crippen LogP contribution < -0.4 is 10.1 Å². The highest BCUT2D eigenvalue weighted by Crippen LogP contribution is 2.08. The Morgan fingerprint density at radius 3 is 2.28 bits per heavy atom. The maximum atomic E-state index is 11.8. The van der Waals surface area contributed by atoms with Gasteiger partial charge in [-0.2, -0.15) is 0 Å². The zero-order chi connectivity index (χ0) is 17.9. The van der Waals surface area contributed by atoms with Gasteiger partial charge in [-0.25, -0.2) is 4.79 Å². The number of amides is 1. The van der Waals surface area contributed by atoms with Gasteiger partial charge in [-0.05, 0) is 37.5 Å². The highest BCUT2D eigenvalue weighted by Gasteiger charge is 2.11. The number of carbonyl (C=O) groups excluding carboxylic acids is 2. The Hall–Kier alpha value is -2.82. The number of nitrogens with one attached hydrogen (secondary N) is 1. The number of rotatable bonds is 9. The Bertz CT molecular complexity index is 658. The normalized spacial score (nSPS) is 11.4. The zero-order valence-corrected chi connectivity index (χ0v) is 14.3. The van der Waals surface area contributed by atoms with E-state index in [1.165, 1.54) is 5.56 Å². The molecule has 0 saturated heterocycles. The van der Waals surface area contributed by atoms with E-state index in [1.807, 2.05) is 43.3 Å². The fraction of sp³-hybridized carbons (Fsp3) is 0.300. The minimum absolute atomic E-state index is 0.00646. The van der Waals surface area contributed by atoms with Crippen LogP contribution in [0.2, 0.25) is 0 Å². The van der Waals surface area contributed by atoms with Crippen LogP contribution in [-0.2, 0) is 20.7 Å². The molecule has 132 valence electrons. The predicted molar refractivity (Wildman–Crippen MR) is 95.3 cm³/mol. The number of carbonyl (C=O) groups is 2. The third-order valence-corrected chi connectivity index (χ3v) is 3.58. The van der Waals surface area contributed by atoms with Crippen molar-refractivity contribution in [1.29, 1.82) is 0 Å². The molecule has 0 spiro atoms. The molecule has 1 amide bonds. The van der Waals surface area contributed by atoms with E-state index in [9.17, 15) is 9.59 Å². The molecule has 0 aromatic heterocycles. The number of para-hydroxylation sites is 1. The molecule has 25 heavy (non-hydrogen) atoms. The van der Waals surface area contributed by atoms with Gasteiger partial charge in [0.1, 0.15) is 5.75 Å². The maximum Gasteiger partial charge on any atom is 0.344 e. The molecule has 0 radical (unpaired) electrons. The van der Waals surface area contributed by atoms with Gasteiger partial charge < -0.3 is 14.8 Å². The molecule has 0 unspecified atom stereocenters. The summed E-state index contributed by atoms with van der Waals surface area (Å²) in [5.74, 6) is -0.303. The second-order valence-electron chi connectivity index (χ2n) is 5.76. The third-order valence-electron chi connectivity index (χ3n) is 3.58. The van der Waals surface area contributed by atoms with E-state index in [4.69, 9.17) is 9.47 Å². The van der Waals surface area contributed by atoms with Gasteiger partial charge in [0.2, 0.25) is 0 Å². The van der Waals surface area contributed by atoms with Gasteiger partial charge in [0, 0.05) is 6.04 Å². The van der Waals surface area contributed by atoms with Crippen molar-refractivity contribution in [3.8, 4) is 5.75 Å². The second kappa shape index (κ2) is 10.1. The number of hydrogen-bond donors (Lipinski definition) is 1. The van der Waals surface area contributed by atoms with Crippen LogP contribution in [0.15, 0.2) is 60.7 Å². The van der Waals surface area contributed by atoms with E-state index in [-0.39, 0.29) is 25.2 Å². The largest absolute Gasteiger partial charge is 0.482 e. The van der Waals surface area contributed by atoms with Crippen molar-refractivity contribution in [3.05, 3.63) is 66.2 Å². The van der Waals surface area contributed by atoms with E-state index in [2.05, 4.69) is 17.4 Å². The van der Waals surface area contributed by atoms with Crippen molar-refractivity contribution in [2.75, 3.05) is 13.2 Å². The predicted octanol–water partition coefficient (Wildman–Crippen LogP) is 2.75. The van der Waals surface area contributed by atoms with Crippen LogP contribution in [0.25, 0.3) is 0 Å². The van der Waals surface area contributed by atoms with Crippen molar-refractivity contribution in [2.24, 2.45) is 0 Å². The number of esters is 1. The summed E-state index contributed by atoms with van der Waals surface area (Å²) in [4.78, 5) is 23.4. The van der Waals surface area contributed by atoms with E-state index in [0.717, 1.165) is 12.8 Å². The first-order chi connectivity index (χ1) is 12.1. The van der Waals surface area contributed by atoms with Gasteiger partial charge in [-0.15, -0.1) is 0 Å². The summed E-state index contributed by atoms with van der Waals surface area (Å²) in [7, 11) is 0. The Labute approximate surface area is 148 Å². The molecule has 0 aliphatic heterocycles.